The van der Waals surface area contributed by atoms with E-state index in [-0.39, 0.29) is 23.9 Å². The zero-order valence-corrected chi connectivity index (χ0v) is 14.3. The van der Waals surface area contributed by atoms with E-state index in [0.717, 1.165) is 12.8 Å². The molecular formula is C17H19N5O4. The molecule has 2 aromatic heterocycles. The van der Waals surface area contributed by atoms with Crippen LogP contribution < -0.4 is 5.56 Å². The zero-order valence-electron chi connectivity index (χ0n) is 14.3. The number of fused-ring (bicyclic) bond motifs is 1. The van der Waals surface area contributed by atoms with Crippen molar-refractivity contribution in [3.63, 3.8) is 0 Å². The lowest BCUT2D eigenvalue weighted by atomic mass is 9.81. The smallest absolute Gasteiger partial charge is 0.311 e. The summed E-state index contributed by atoms with van der Waals surface area (Å²) in [6, 6.07) is 2.86. The monoisotopic (exact) mass is 357 g/mol. The van der Waals surface area contributed by atoms with Crippen molar-refractivity contribution in [2.75, 3.05) is 13.1 Å². The van der Waals surface area contributed by atoms with Gasteiger partial charge in [-0.05, 0) is 31.7 Å². The number of carboxylic acids is 1. The SMILES string of the molecule is Cc1c(C(=O)N2C[C@@H]3CCC[C@@]3(C(=O)O)C2)cnn1-c1ccc(=O)[nH]n1. The third-order valence-corrected chi connectivity index (χ3v) is 5.71. The highest BCUT2D eigenvalue weighted by Crippen LogP contribution is 2.49. The number of aliphatic carboxylic acids is 1. The third-order valence-electron chi connectivity index (χ3n) is 5.71. The molecule has 1 saturated heterocycles. The van der Waals surface area contributed by atoms with E-state index in [1.165, 1.54) is 23.0 Å². The zero-order chi connectivity index (χ0) is 18.5. The number of aromatic amines is 1. The lowest BCUT2D eigenvalue weighted by Crippen LogP contribution is -2.37. The Morgan fingerprint density at radius 1 is 1.38 bits per heavy atom. The number of hydrogen-bond acceptors (Lipinski definition) is 5. The summed E-state index contributed by atoms with van der Waals surface area (Å²) in [5.41, 5.74) is -0.119. The first-order chi connectivity index (χ1) is 12.4. The standard InChI is InChI=1S/C17H19N5O4/c1-10-12(7-18-22(10)13-4-5-14(23)20-19-13)15(24)21-8-11-3-2-6-17(11,9-21)16(25)26/h4-5,7,11H,2-3,6,8-9H2,1H3,(H,20,23)(H,25,26)/t11-,17+/m0/s1. The highest BCUT2D eigenvalue weighted by atomic mass is 16.4. The number of hydrogen-bond donors (Lipinski definition) is 2. The van der Waals surface area contributed by atoms with Crippen molar-refractivity contribution < 1.29 is 14.7 Å². The van der Waals surface area contributed by atoms with Crippen LogP contribution in [0.25, 0.3) is 5.82 Å². The molecule has 2 atom stereocenters. The largest absolute Gasteiger partial charge is 0.481 e. The number of H-pyrrole nitrogens is 1. The molecule has 0 spiro atoms. The van der Waals surface area contributed by atoms with Crippen LogP contribution in [0.3, 0.4) is 0 Å². The molecule has 0 bridgehead atoms. The van der Waals surface area contributed by atoms with Gasteiger partial charge in [0.25, 0.3) is 11.5 Å². The molecule has 4 rings (SSSR count). The lowest BCUT2D eigenvalue weighted by molar-refractivity contribution is -0.149. The second-order valence-electron chi connectivity index (χ2n) is 7.07. The molecule has 2 aliphatic rings. The maximum Gasteiger partial charge on any atom is 0.311 e. The summed E-state index contributed by atoms with van der Waals surface area (Å²) in [7, 11) is 0. The molecule has 1 aliphatic heterocycles. The number of carbonyl (C=O) groups is 2. The number of nitrogens with zero attached hydrogens (tertiary/aromatic N) is 4. The van der Waals surface area contributed by atoms with Crippen molar-refractivity contribution in [2.24, 2.45) is 11.3 Å². The average Bonchev–Trinajstić information content (AvgIpc) is 3.27. The maximum atomic E-state index is 13.0. The van der Waals surface area contributed by atoms with Crippen molar-refractivity contribution in [3.05, 3.63) is 39.9 Å². The van der Waals surface area contributed by atoms with Gasteiger partial charge in [0.1, 0.15) is 0 Å². The van der Waals surface area contributed by atoms with Crippen LogP contribution in [0.1, 0.15) is 35.3 Å². The van der Waals surface area contributed by atoms with E-state index in [1.54, 1.807) is 11.8 Å². The number of likely N-dealkylation sites (tertiary alicyclic amines) is 1. The first kappa shape index (κ1) is 16.5. The highest BCUT2D eigenvalue weighted by molar-refractivity contribution is 5.96. The first-order valence-corrected chi connectivity index (χ1v) is 8.56. The van der Waals surface area contributed by atoms with Crippen molar-refractivity contribution in [2.45, 2.75) is 26.2 Å². The van der Waals surface area contributed by atoms with Crippen LogP contribution in [0.5, 0.6) is 0 Å². The van der Waals surface area contributed by atoms with Crippen LogP contribution in [0.15, 0.2) is 23.1 Å². The van der Waals surface area contributed by atoms with Crippen molar-refractivity contribution >= 4 is 11.9 Å². The molecule has 2 aromatic rings. The van der Waals surface area contributed by atoms with Crippen LogP contribution in [0.2, 0.25) is 0 Å². The van der Waals surface area contributed by atoms with Crippen LogP contribution in [-0.4, -0.2) is 55.0 Å². The van der Waals surface area contributed by atoms with Gasteiger partial charge in [0.2, 0.25) is 0 Å². The molecule has 1 aliphatic carbocycles. The number of carboxylic acid groups (broad SMARTS) is 1. The Kier molecular flexibility index (Phi) is 3.67. The Balaban J connectivity index is 1.61. The van der Waals surface area contributed by atoms with E-state index in [9.17, 15) is 19.5 Å². The van der Waals surface area contributed by atoms with E-state index < -0.39 is 11.4 Å². The second-order valence-corrected chi connectivity index (χ2v) is 7.07. The predicted molar refractivity (Wildman–Crippen MR) is 90.0 cm³/mol. The van der Waals surface area contributed by atoms with Crippen LogP contribution >= 0.6 is 0 Å². The summed E-state index contributed by atoms with van der Waals surface area (Å²) in [6.45, 7) is 2.46. The fourth-order valence-corrected chi connectivity index (χ4v) is 4.27. The topological polar surface area (TPSA) is 121 Å². The minimum atomic E-state index is -0.806. The minimum absolute atomic E-state index is 0.0140. The van der Waals surface area contributed by atoms with Crippen molar-refractivity contribution in [3.8, 4) is 5.82 Å². The molecule has 1 amide bonds. The van der Waals surface area contributed by atoms with Crippen LogP contribution in [0.4, 0.5) is 0 Å². The van der Waals surface area contributed by atoms with Gasteiger partial charge in [0.05, 0.1) is 22.9 Å². The van der Waals surface area contributed by atoms with Gasteiger partial charge in [-0.3, -0.25) is 14.4 Å². The average molecular weight is 357 g/mol. The Morgan fingerprint density at radius 3 is 2.85 bits per heavy atom. The summed E-state index contributed by atoms with van der Waals surface area (Å²) in [5.74, 6) is -0.602. The minimum Gasteiger partial charge on any atom is -0.481 e. The summed E-state index contributed by atoms with van der Waals surface area (Å²) in [5, 5.41) is 20.1. The molecule has 2 fully saturated rings. The lowest BCUT2D eigenvalue weighted by Gasteiger charge is -2.23. The highest BCUT2D eigenvalue weighted by Gasteiger charge is 2.56. The molecule has 9 nitrogen and oxygen atoms in total. The van der Waals surface area contributed by atoms with Gasteiger partial charge < -0.3 is 10.0 Å². The van der Waals surface area contributed by atoms with Gasteiger partial charge in [0, 0.05) is 19.2 Å². The van der Waals surface area contributed by atoms with Crippen molar-refractivity contribution in [1.29, 1.82) is 0 Å². The number of amides is 1. The Bertz CT molecular complexity index is 928. The normalized spacial score (nSPS) is 24.7. The molecule has 1 saturated carbocycles. The van der Waals surface area contributed by atoms with E-state index >= 15 is 0 Å². The summed E-state index contributed by atoms with van der Waals surface area (Å²) < 4.78 is 1.48. The van der Waals surface area contributed by atoms with Crippen LogP contribution in [-0.2, 0) is 4.79 Å². The Morgan fingerprint density at radius 2 is 2.19 bits per heavy atom. The Labute approximate surface area is 148 Å². The molecule has 0 aromatic carbocycles. The quantitative estimate of drug-likeness (QED) is 0.829. The molecule has 3 heterocycles. The fourth-order valence-electron chi connectivity index (χ4n) is 4.27. The van der Waals surface area contributed by atoms with Gasteiger partial charge in [-0.25, -0.2) is 9.78 Å². The number of aromatic nitrogens is 4. The Hall–Kier alpha value is -2.97. The maximum absolute atomic E-state index is 13.0. The predicted octanol–water partition coefficient (Wildman–Crippen LogP) is 0.591. The third kappa shape index (κ3) is 2.34. The van der Waals surface area contributed by atoms with Gasteiger partial charge in [-0.15, -0.1) is 0 Å². The summed E-state index contributed by atoms with van der Waals surface area (Å²) >= 11 is 0. The number of rotatable bonds is 3. The van der Waals surface area contributed by atoms with Gasteiger partial charge in [-0.2, -0.15) is 10.2 Å². The van der Waals surface area contributed by atoms with E-state index in [4.69, 9.17) is 0 Å². The first-order valence-electron chi connectivity index (χ1n) is 8.56. The molecule has 0 radical (unpaired) electrons. The molecule has 26 heavy (non-hydrogen) atoms. The number of nitrogens with one attached hydrogen (secondary N) is 1. The van der Waals surface area contributed by atoms with E-state index in [1.807, 2.05) is 0 Å². The second kappa shape index (κ2) is 5.79. The van der Waals surface area contributed by atoms with Gasteiger partial charge >= 0.3 is 5.97 Å². The number of carbonyl (C=O) groups excluding carboxylic acids is 1. The molecule has 9 heteroatoms. The van der Waals surface area contributed by atoms with E-state index in [0.29, 0.717) is 30.0 Å². The molecular weight excluding hydrogens is 338 g/mol. The summed E-state index contributed by atoms with van der Waals surface area (Å²) in [4.78, 5) is 37.5. The molecule has 0 unspecified atom stereocenters. The fraction of sp³-hybridized carbons (Fsp3) is 0.471. The van der Waals surface area contributed by atoms with E-state index in [2.05, 4.69) is 15.3 Å². The summed E-state index contributed by atoms with van der Waals surface area (Å²) in [6.07, 6.45) is 3.83. The molecule has 2 N–H and O–H groups in total. The molecule has 136 valence electrons. The van der Waals surface area contributed by atoms with Gasteiger partial charge in [-0.1, -0.05) is 6.42 Å². The van der Waals surface area contributed by atoms with Crippen LogP contribution in [0, 0.1) is 18.3 Å². The van der Waals surface area contributed by atoms with Crippen molar-refractivity contribution in [1.82, 2.24) is 24.9 Å². The van der Waals surface area contributed by atoms with Gasteiger partial charge in [0.15, 0.2) is 5.82 Å².